The molecule has 0 aromatic heterocycles. The van der Waals surface area contributed by atoms with Gasteiger partial charge in [0.05, 0.1) is 14.2 Å². The van der Waals surface area contributed by atoms with Crippen molar-refractivity contribution in [3.05, 3.63) is 94.5 Å². The first-order valence-electron chi connectivity index (χ1n) is 10.3. The van der Waals surface area contributed by atoms with Gasteiger partial charge >= 0.3 is 5.91 Å². The molecule has 2 amide bonds. The summed E-state index contributed by atoms with van der Waals surface area (Å²) in [5.74, 6) is 0.509. The van der Waals surface area contributed by atoms with Gasteiger partial charge in [-0.1, -0.05) is 41.9 Å². The molecule has 168 valence electrons. The molecule has 1 aliphatic rings. The molecule has 1 saturated heterocycles. The first-order chi connectivity index (χ1) is 16.0. The Morgan fingerprint density at radius 3 is 2.36 bits per heavy atom. The average molecular weight is 465 g/mol. The van der Waals surface area contributed by atoms with Crippen LogP contribution in [0.15, 0.2) is 72.8 Å². The van der Waals surface area contributed by atoms with Crippen molar-refractivity contribution >= 4 is 29.6 Å². The summed E-state index contributed by atoms with van der Waals surface area (Å²) in [6, 6.07) is 20.1. The number of carbonyl (C=O) groups is 2. The fraction of sp³-hybridized carbons (Fsp3) is 0.160. The SMILES string of the molecule is COc1ccc(/C=[N+]2\NC(=O)[C@@H](NC(=O)c3ccccc3)[C@H]2c2ccc(Cl)cc2)cc1OC. The zero-order valence-electron chi connectivity index (χ0n) is 18.1. The van der Waals surface area contributed by atoms with Crippen LogP contribution in [-0.2, 0) is 4.79 Å². The van der Waals surface area contributed by atoms with Gasteiger partial charge in [0.2, 0.25) is 12.3 Å². The van der Waals surface area contributed by atoms with Crippen LogP contribution in [0.3, 0.4) is 0 Å². The minimum atomic E-state index is -0.824. The highest BCUT2D eigenvalue weighted by molar-refractivity contribution is 6.30. The normalized spacial score (nSPS) is 18.6. The molecule has 1 aliphatic heterocycles. The lowest BCUT2D eigenvalue weighted by atomic mass is 9.99. The third kappa shape index (κ3) is 4.83. The van der Waals surface area contributed by atoms with Crippen LogP contribution >= 0.6 is 11.6 Å². The van der Waals surface area contributed by atoms with Crippen molar-refractivity contribution in [3.8, 4) is 11.5 Å². The molecule has 0 spiro atoms. The van der Waals surface area contributed by atoms with Crippen LogP contribution in [0.2, 0.25) is 5.02 Å². The van der Waals surface area contributed by atoms with E-state index in [1.807, 2.05) is 24.3 Å². The second-order valence-electron chi connectivity index (χ2n) is 7.44. The Bertz CT molecular complexity index is 1200. The number of nitrogens with one attached hydrogen (secondary N) is 2. The second kappa shape index (κ2) is 9.75. The summed E-state index contributed by atoms with van der Waals surface area (Å²) in [6.45, 7) is 0. The Labute approximate surface area is 196 Å². The fourth-order valence-corrected chi connectivity index (χ4v) is 3.87. The number of rotatable bonds is 6. The molecule has 3 aromatic carbocycles. The van der Waals surface area contributed by atoms with Crippen molar-refractivity contribution in [2.24, 2.45) is 0 Å². The molecule has 0 unspecified atom stereocenters. The van der Waals surface area contributed by atoms with Crippen molar-refractivity contribution < 1.29 is 23.7 Å². The molecule has 1 heterocycles. The van der Waals surface area contributed by atoms with Gasteiger partial charge in [-0.25, -0.2) is 0 Å². The standard InChI is InChI=1S/C25H22ClN3O4/c1-32-20-13-8-16(14-21(20)33-2)15-29-23(17-9-11-19(26)12-10-17)22(25(31)28-29)27-24(30)18-6-4-3-5-7-18/h3-15,22-23H,1-2H3,(H-,27,28,30,31)/p+1/b29-15-/t22-,23+/m0/s1. The highest BCUT2D eigenvalue weighted by atomic mass is 35.5. The summed E-state index contributed by atoms with van der Waals surface area (Å²) in [5.41, 5.74) is 4.92. The zero-order chi connectivity index (χ0) is 23.4. The Kier molecular flexibility index (Phi) is 6.60. The van der Waals surface area contributed by atoms with E-state index in [9.17, 15) is 9.59 Å². The molecule has 8 heteroatoms. The molecule has 2 atom stereocenters. The van der Waals surface area contributed by atoms with E-state index in [1.54, 1.807) is 73.6 Å². The molecule has 1 fully saturated rings. The second-order valence-corrected chi connectivity index (χ2v) is 7.88. The number of carbonyl (C=O) groups excluding carboxylic acids is 2. The lowest BCUT2D eigenvalue weighted by Crippen LogP contribution is -2.42. The van der Waals surface area contributed by atoms with E-state index in [2.05, 4.69) is 10.7 Å². The summed E-state index contributed by atoms with van der Waals surface area (Å²) < 4.78 is 12.4. The monoisotopic (exact) mass is 464 g/mol. The molecular formula is C25H23ClN3O4+. The molecule has 7 nitrogen and oxygen atoms in total. The highest BCUT2D eigenvalue weighted by Crippen LogP contribution is 2.29. The summed E-state index contributed by atoms with van der Waals surface area (Å²) in [7, 11) is 3.13. The molecule has 3 aromatic rings. The maximum absolute atomic E-state index is 13.0. The summed E-state index contributed by atoms with van der Waals surface area (Å²) in [6.07, 6.45) is 1.79. The van der Waals surface area contributed by atoms with E-state index in [0.717, 1.165) is 11.1 Å². The summed E-state index contributed by atoms with van der Waals surface area (Å²) in [5, 5.41) is 3.45. The number of hydrogen-bond acceptors (Lipinski definition) is 4. The Morgan fingerprint density at radius 2 is 1.70 bits per heavy atom. The number of halogens is 1. The van der Waals surface area contributed by atoms with Gasteiger partial charge in [0.1, 0.15) is 0 Å². The maximum Gasteiger partial charge on any atom is 0.304 e. The predicted octanol–water partition coefficient (Wildman–Crippen LogP) is 3.37. The molecule has 2 N–H and O–H groups in total. The third-order valence-corrected chi connectivity index (χ3v) is 5.62. The van der Waals surface area contributed by atoms with E-state index in [4.69, 9.17) is 21.1 Å². The van der Waals surface area contributed by atoms with E-state index in [0.29, 0.717) is 22.1 Å². The van der Waals surface area contributed by atoms with Crippen LogP contribution in [0, 0.1) is 0 Å². The van der Waals surface area contributed by atoms with Crippen LogP contribution in [0.1, 0.15) is 27.5 Å². The minimum Gasteiger partial charge on any atom is -0.493 e. The van der Waals surface area contributed by atoms with Crippen LogP contribution in [0.5, 0.6) is 11.5 Å². The first-order valence-corrected chi connectivity index (χ1v) is 10.6. The van der Waals surface area contributed by atoms with Crippen molar-refractivity contribution in [2.45, 2.75) is 12.1 Å². The van der Waals surface area contributed by atoms with Crippen LogP contribution < -0.4 is 20.2 Å². The topological polar surface area (TPSA) is 79.7 Å². The molecular weight excluding hydrogens is 442 g/mol. The van der Waals surface area contributed by atoms with Gasteiger partial charge < -0.3 is 14.8 Å². The van der Waals surface area contributed by atoms with Gasteiger partial charge in [-0.15, -0.1) is 10.1 Å². The van der Waals surface area contributed by atoms with Crippen molar-refractivity contribution in [3.63, 3.8) is 0 Å². The summed E-state index contributed by atoms with van der Waals surface area (Å²) in [4.78, 5) is 25.8. The fourth-order valence-electron chi connectivity index (χ4n) is 3.75. The number of nitrogens with zero attached hydrogens (tertiary/aromatic N) is 1. The largest absolute Gasteiger partial charge is 0.493 e. The Morgan fingerprint density at radius 1 is 1.00 bits per heavy atom. The van der Waals surface area contributed by atoms with E-state index >= 15 is 0 Å². The number of hydrazine groups is 1. The third-order valence-electron chi connectivity index (χ3n) is 5.37. The Balaban J connectivity index is 1.72. The minimum absolute atomic E-state index is 0.323. The number of ether oxygens (including phenoxy) is 2. The number of amides is 2. The predicted molar refractivity (Wildman–Crippen MR) is 125 cm³/mol. The van der Waals surface area contributed by atoms with E-state index in [-0.39, 0.29) is 11.8 Å². The van der Waals surface area contributed by atoms with E-state index in [1.165, 1.54) is 0 Å². The quantitative estimate of drug-likeness (QED) is 0.548. The first kappa shape index (κ1) is 22.4. The molecule has 0 radical (unpaired) electrons. The summed E-state index contributed by atoms with van der Waals surface area (Å²) >= 11 is 6.08. The van der Waals surface area contributed by atoms with Gasteiger partial charge in [-0.05, 0) is 42.5 Å². The van der Waals surface area contributed by atoms with E-state index < -0.39 is 12.1 Å². The van der Waals surface area contributed by atoms with Crippen LogP contribution in [-0.4, -0.2) is 43.0 Å². The van der Waals surface area contributed by atoms with Crippen molar-refractivity contribution in [1.82, 2.24) is 10.7 Å². The Hall–Kier alpha value is -3.84. The smallest absolute Gasteiger partial charge is 0.304 e. The zero-order valence-corrected chi connectivity index (χ0v) is 18.9. The van der Waals surface area contributed by atoms with Crippen molar-refractivity contribution in [1.29, 1.82) is 0 Å². The molecule has 33 heavy (non-hydrogen) atoms. The van der Waals surface area contributed by atoms with Gasteiger partial charge in [0.25, 0.3) is 5.91 Å². The molecule has 4 rings (SSSR count). The maximum atomic E-state index is 13.0. The lowest BCUT2D eigenvalue weighted by molar-refractivity contribution is -0.596. The number of hydrogen-bond donors (Lipinski definition) is 2. The number of hydrazone groups is 1. The lowest BCUT2D eigenvalue weighted by Gasteiger charge is -2.15. The average Bonchev–Trinajstić information content (AvgIpc) is 3.14. The van der Waals surface area contributed by atoms with Gasteiger partial charge in [0, 0.05) is 21.7 Å². The number of benzene rings is 3. The molecule has 0 bridgehead atoms. The number of methoxy groups -OCH3 is 2. The van der Waals surface area contributed by atoms with Crippen molar-refractivity contribution in [2.75, 3.05) is 14.2 Å². The van der Waals surface area contributed by atoms with Gasteiger partial charge in [-0.2, -0.15) is 0 Å². The molecule has 0 aliphatic carbocycles. The highest BCUT2D eigenvalue weighted by Gasteiger charge is 2.47. The van der Waals surface area contributed by atoms with Crippen LogP contribution in [0.25, 0.3) is 0 Å². The van der Waals surface area contributed by atoms with Crippen LogP contribution in [0.4, 0.5) is 0 Å². The van der Waals surface area contributed by atoms with Gasteiger partial charge in [-0.3, -0.25) is 9.59 Å². The molecule has 0 saturated carbocycles. The van der Waals surface area contributed by atoms with Gasteiger partial charge in [0.15, 0.2) is 17.5 Å².